The SMILES string of the molecule is C#CCOc1ccc2ccccc2c1C=Nc1ccc(C)c(Cl)c1. The Morgan fingerprint density at radius 1 is 1.17 bits per heavy atom. The highest BCUT2D eigenvalue weighted by Crippen LogP contribution is 2.28. The van der Waals surface area contributed by atoms with Gasteiger partial charge in [-0.3, -0.25) is 4.99 Å². The van der Waals surface area contributed by atoms with Crippen LogP contribution in [-0.4, -0.2) is 12.8 Å². The average Bonchev–Trinajstić information content (AvgIpc) is 2.61. The molecule has 2 nitrogen and oxygen atoms in total. The quantitative estimate of drug-likeness (QED) is 0.452. The Bertz CT molecular complexity index is 954. The van der Waals surface area contributed by atoms with Crippen LogP contribution in [0.15, 0.2) is 59.6 Å². The van der Waals surface area contributed by atoms with E-state index in [0.29, 0.717) is 10.8 Å². The first-order chi connectivity index (χ1) is 11.7. The second-order valence-corrected chi connectivity index (χ2v) is 5.79. The highest BCUT2D eigenvalue weighted by molar-refractivity contribution is 6.31. The normalized spacial score (nSPS) is 10.9. The molecule has 0 spiro atoms. The van der Waals surface area contributed by atoms with Gasteiger partial charge in [-0.15, -0.1) is 6.42 Å². The molecule has 3 aromatic rings. The second kappa shape index (κ2) is 7.21. The zero-order valence-corrected chi connectivity index (χ0v) is 14.0. The smallest absolute Gasteiger partial charge is 0.148 e. The number of rotatable bonds is 4. The maximum atomic E-state index is 6.17. The molecule has 0 radical (unpaired) electrons. The molecule has 24 heavy (non-hydrogen) atoms. The Hall–Kier alpha value is -2.76. The predicted molar refractivity (Wildman–Crippen MR) is 102 cm³/mol. The summed E-state index contributed by atoms with van der Waals surface area (Å²) in [6, 6.07) is 17.8. The van der Waals surface area contributed by atoms with Crippen LogP contribution in [0.4, 0.5) is 5.69 Å². The van der Waals surface area contributed by atoms with E-state index in [1.54, 1.807) is 6.21 Å². The Balaban J connectivity index is 2.06. The van der Waals surface area contributed by atoms with E-state index in [-0.39, 0.29) is 6.61 Å². The van der Waals surface area contributed by atoms with Gasteiger partial charge in [-0.05, 0) is 41.5 Å². The van der Waals surface area contributed by atoms with Crippen molar-refractivity contribution in [2.24, 2.45) is 4.99 Å². The molecule has 3 aromatic carbocycles. The first-order valence-electron chi connectivity index (χ1n) is 7.57. The maximum absolute atomic E-state index is 6.17. The summed E-state index contributed by atoms with van der Waals surface area (Å²) in [4.78, 5) is 4.56. The van der Waals surface area contributed by atoms with Gasteiger partial charge in [-0.25, -0.2) is 0 Å². The minimum Gasteiger partial charge on any atom is -0.480 e. The molecule has 0 saturated carbocycles. The van der Waals surface area contributed by atoms with E-state index in [0.717, 1.165) is 27.6 Å². The number of hydrogen-bond donors (Lipinski definition) is 0. The Morgan fingerprint density at radius 2 is 2.00 bits per heavy atom. The summed E-state index contributed by atoms with van der Waals surface area (Å²) < 4.78 is 5.67. The van der Waals surface area contributed by atoms with Crippen LogP contribution in [-0.2, 0) is 0 Å². The molecule has 0 atom stereocenters. The summed E-state index contributed by atoms with van der Waals surface area (Å²) >= 11 is 6.17. The van der Waals surface area contributed by atoms with Gasteiger partial charge in [0.2, 0.25) is 0 Å². The molecule has 0 aliphatic heterocycles. The van der Waals surface area contributed by atoms with Crippen molar-refractivity contribution in [3.05, 3.63) is 70.7 Å². The number of aryl methyl sites for hydroxylation is 1. The van der Waals surface area contributed by atoms with Crippen LogP contribution < -0.4 is 4.74 Å². The highest BCUT2D eigenvalue weighted by Gasteiger charge is 2.07. The van der Waals surface area contributed by atoms with Gasteiger partial charge in [0, 0.05) is 16.8 Å². The van der Waals surface area contributed by atoms with Crippen molar-refractivity contribution >= 4 is 34.3 Å². The lowest BCUT2D eigenvalue weighted by Gasteiger charge is -2.10. The van der Waals surface area contributed by atoms with Gasteiger partial charge in [0.05, 0.1) is 5.69 Å². The summed E-state index contributed by atoms with van der Waals surface area (Å²) in [7, 11) is 0. The summed E-state index contributed by atoms with van der Waals surface area (Å²) in [5.41, 5.74) is 2.72. The third kappa shape index (κ3) is 3.42. The van der Waals surface area contributed by atoms with Gasteiger partial charge in [0.15, 0.2) is 0 Å². The molecule has 0 saturated heterocycles. The van der Waals surface area contributed by atoms with Crippen molar-refractivity contribution < 1.29 is 4.74 Å². The summed E-state index contributed by atoms with van der Waals surface area (Å²) in [6.07, 6.45) is 7.11. The zero-order valence-electron chi connectivity index (χ0n) is 13.3. The summed E-state index contributed by atoms with van der Waals surface area (Å²) in [6.45, 7) is 2.18. The average molecular weight is 334 g/mol. The third-order valence-electron chi connectivity index (χ3n) is 3.74. The van der Waals surface area contributed by atoms with Crippen LogP contribution in [0.2, 0.25) is 5.02 Å². The molecule has 0 fully saturated rings. The number of fused-ring (bicyclic) bond motifs is 1. The van der Waals surface area contributed by atoms with Crippen LogP contribution >= 0.6 is 11.6 Å². The number of halogens is 1. The highest BCUT2D eigenvalue weighted by atomic mass is 35.5. The predicted octanol–water partition coefficient (Wildman–Crippen LogP) is 5.56. The number of ether oxygens (including phenoxy) is 1. The van der Waals surface area contributed by atoms with E-state index in [9.17, 15) is 0 Å². The van der Waals surface area contributed by atoms with Gasteiger partial charge >= 0.3 is 0 Å². The molecule has 0 aliphatic rings. The lowest BCUT2D eigenvalue weighted by atomic mass is 10.0. The standard InChI is InChI=1S/C21H16ClNO/c1-3-12-24-21-11-9-16-6-4-5-7-18(16)19(21)14-23-17-10-8-15(2)20(22)13-17/h1,4-11,13-14H,12H2,2H3. The Labute approximate surface area is 146 Å². The summed E-state index contributed by atoms with van der Waals surface area (Å²) in [5, 5.41) is 2.88. The number of nitrogens with zero attached hydrogens (tertiary/aromatic N) is 1. The van der Waals surface area contributed by atoms with Crippen molar-refractivity contribution in [3.63, 3.8) is 0 Å². The monoisotopic (exact) mass is 333 g/mol. The zero-order chi connectivity index (χ0) is 16.9. The van der Waals surface area contributed by atoms with Crippen molar-refractivity contribution in [1.29, 1.82) is 0 Å². The molecule has 0 amide bonds. The Kier molecular flexibility index (Phi) is 4.84. The Morgan fingerprint density at radius 3 is 2.79 bits per heavy atom. The number of terminal acetylenes is 1. The van der Waals surface area contributed by atoms with E-state index in [4.69, 9.17) is 22.8 Å². The number of aliphatic imine (C=N–C) groups is 1. The first kappa shape index (κ1) is 16.1. The molecule has 118 valence electrons. The molecule has 0 bridgehead atoms. The lowest BCUT2D eigenvalue weighted by molar-refractivity contribution is 0.370. The van der Waals surface area contributed by atoms with E-state index < -0.39 is 0 Å². The molecule has 3 heteroatoms. The largest absolute Gasteiger partial charge is 0.480 e. The number of hydrogen-bond acceptors (Lipinski definition) is 2. The molecule has 0 N–H and O–H groups in total. The van der Waals surface area contributed by atoms with Gasteiger partial charge in [-0.2, -0.15) is 0 Å². The summed E-state index contributed by atoms with van der Waals surface area (Å²) in [5.74, 6) is 3.21. The second-order valence-electron chi connectivity index (χ2n) is 5.38. The molecule has 0 heterocycles. The maximum Gasteiger partial charge on any atom is 0.148 e. The molecular weight excluding hydrogens is 318 g/mol. The van der Waals surface area contributed by atoms with E-state index in [1.165, 1.54) is 0 Å². The van der Waals surface area contributed by atoms with Crippen LogP contribution in [0.5, 0.6) is 5.75 Å². The van der Waals surface area contributed by atoms with Crippen molar-refractivity contribution in [2.75, 3.05) is 6.61 Å². The third-order valence-corrected chi connectivity index (χ3v) is 4.15. The van der Waals surface area contributed by atoms with E-state index in [1.807, 2.05) is 55.5 Å². The minimum absolute atomic E-state index is 0.218. The van der Waals surface area contributed by atoms with Gasteiger partial charge in [0.1, 0.15) is 12.4 Å². The fourth-order valence-electron chi connectivity index (χ4n) is 2.46. The molecule has 0 aromatic heterocycles. The number of benzene rings is 3. The van der Waals surface area contributed by atoms with Gasteiger partial charge in [0.25, 0.3) is 0 Å². The van der Waals surface area contributed by atoms with Gasteiger partial charge in [-0.1, -0.05) is 53.9 Å². The fourth-order valence-corrected chi connectivity index (χ4v) is 2.63. The van der Waals surface area contributed by atoms with Crippen molar-refractivity contribution in [2.45, 2.75) is 6.92 Å². The van der Waals surface area contributed by atoms with E-state index in [2.05, 4.69) is 17.0 Å². The molecule has 0 aliphatic carbocycles. The van der Waals surface area contributed by atoms with Crippen LogP contribution in [0.3, 0.4) is 0 Å². The molecule has 3 rings (SSSR count). The van der Waals surface area contributed by atoms with E-state index >= 15 is 0 Å². The van der Waals surface area contributed by atoms with Crippen molar-refractivity contribution in [1.82, 2.24) is 0 Å². The minimum atomic E-state index is 0.218. The van der Waals surface area contributed by atoms with Crippen LogP contribution in [0.25, 0.3) is 10.8 Å². The first-order valence-corrected chi connectivity index (χ1v) is 7.95. The molecular formula is C21H16ClNO. The fraction of sp³-hybridized carbons (Fsp3) is 0.0952. The molecule has 0 unspecified atom stereocenters. The topological polar surface area (TPSA) is 21.6 Å². The van der Waals surface area contributed by atoms with Crippen LogP contribution in [0, 0.1) is 19.3 Å². The van der Waals surface area contributed by atoms with Crippen molar-refractivity contribution in [3.8, 4) is 18.1 Å². The lowest BCUT2D eigenvalue weighted by Crippen LogP contribution is -1.98. The van der Waals surface area contributed by atoms with Gasteiger partial charge < -0.3 is 4.74 Å². The van der Waals surface area contributed by atoms with Crippen LogP contribution in [0.1, 0.15) is 11.1 Å².